The average Bonchev–Trinajstić information content (AvgIpc) is 2.74. The molecular weight excluding hydrogens is 262 g/mol. The topological polar surface area (TPSA) is 94.5 Å². The first-order valence-corrected chi connectivity index (χ1v) is 6.19. The molecule has 0 aliphatic rings. The molecule has 0 spiro atoms. The van der Waals surface area contributed by atoms with Crippen LogP contribution < -0.4 is 11.1 Å². The first kappa shape index (κ1) is 13.3. The van der Waals surface area contributed by atoms with Gasteiger partial charge in [-0.15, -0.1) is 0 Å². The van der Waals surface area contributed by atoms with Gasteiger partial charge in [0.2, 0.25) is 5.95 Å². The van der Waals surface area contributed by atoms with E-state index in [4.69, 9.17) is 18.0 Å². The Bertz CT molecular complexity index is 592. The molecule has 0 aliphatic heterocycles. The number of thiocarbonyl (C=S) groups is 1. The minimum Gasteiger partial charge on any atom is -0.388 e. The molecule has 0 radical (unpaired) electrons. The van der Waals surface area contributed by atoms with Crippen molar-refractivity contribution in [1.82, 2.24) is 24.7 Å². The maximum atomic E-state index is 5.56. The van der Waals surface area contributed by atoms with Gasteiger partial charge in [-0.2, -0.15) is 5.10 Å². The summed E-state index contributed by atoms with van der Waals surface area (Å²) in [6, 6.07) is 1.76. The summed E-state index contributed by atoms with van der Waals surface area (Å²) >= 11 is 4.91. The molecule has 2 heterocycles. The molecule has 0 saturated carbocycles. The van der Waals surface area contributed by atoms with E-state index < -0.39 is 0 Å². The lowest BCUT2D eigenvalue weighted by Gasteiger charge is -2.06. The Kier molecular flexibility index (Phi) is 4.00. The van der Waals surface area contributed by atoms with Gasteiger partial charge in [-0.05, 0) is 13.0 Å². The van der Waals surface area contributed by atoms with Crippen LogP contribution in [0.4, 0.5) is 5.95 Å². The van der Waals surface area contributed by atoms with Crippen LogP contribution in [0.15, 0.2) is 12.4 Å². The monoisotopic (exact) mass is 277 g/mol. The van der Waals surface area contributed by atoms with Gasteiger partial charge in [-0.25, -0.2) is 15.0 Å². The van der Waals surface area contributed by atoms with Crippen LogP contribution in [0, 0.1) is 6.92 Å². The zero-order valence-corrected chi connectivity index (χ0v) is 11.6. The van der Waals surface area contributed by atoms with Crippen molar-refractivity contribution in [2.75, 3.05) is 11.9 Å². The molecule has 0 atom stereocenters. The van der Waals surface area contributed by atoms with Gasteiger partial charge in [-0.1, -0.05) is 12.2 Å². The van der Waals surface area contributed by atoms with Crippen molar-refractivity contribution >= 4 is 23.2 Å². The summed E-state index contributed by atoms with van der Waals surface area (Å²) in [5.74, 6) is 1.29. The number of nitrogens with one attached hydrogen (secondary N) is 1. The first-order valence-electron chi connectivity index (χ1n) is 5.78. The normalized spacial score (nSPS) is 10.4. The van der Waals surface area contributed by atoms with Crippen molar-refractivity contribution in [3.8, 4) is 0 Å². The highest BCUT2D eigenvalue weighted by Gasteiger charge is 2.05. The summed E-state index contributed by atoms with van der Waals surface area (Å²) in [7, 11) is 1.84. The SMILES string of the molecule is Cc1cc(C(N)=S)nc(NCCc2ncn(C)n2)n1. The Balaban J connectivity index is 1.97. The van der Waals surface area contributed by atoms with E-state index in [0.717, 1.165) is 11.5 Å². The fourth-order valence-corrected chi connectivity index (χ4v) is 1.66. The molecule has 0 fully saturated rings. The van der Waals surface area contributed by atoms with Gasteiger partial charge >= 0.3 is 0 Å². The molecule has 0 aliphatic carbocycles. The zero-order chi connectivity index (χ0) is 13.8. The molecule has 3 N–H and O–H groups in total. The molecule has 0 bridgehead atoms. The van der Waals surface area contributed by atoms with Crippen molar-refractivity contribution in [2.24, 2.45) is 12.8 Å². The molecular formula is C11H15N7S. The molecule has 19 heavy (non-hydrogen) atoms. The fourth-order valence-electron chi connectivity index (χ4n) is 1.56. The third-order valence-corrected chi connectivity index (χ3v) is 2.59. The minimum absolute atomic E-state index is 0.264. The number of hydrogen-bond acceptors (Lipinski definition) is 6. The Morgan fingerprint density at radius 3 is 2.89 bits per heavy atom. The van der Waals surface area contributed by atoms with E-state index >= 15 is 0 Å². The fraction of sp³-hybridized carbons (Fsp3) is 0.364. The van der Waals surface area contributed by atoms with E-state index in [-0.39, 0.29) is 4.99 Å². The van der Waals surface area contributed by atoms with Crippen LogP contribution in [0.25, 0.3) is 0 Å². The number of rotatable bonds is 5. The van der Waals surface area contributed by atoms with E-state index in [1.165, 1.54) is 0 Å². The van der Waals surface area contributed by atoms with Crippen LogP contribution in [-0.4, -0.2) is 36.3 Å². The smallest absolute Gasteiger partial charge is 0.223 e. The lowest BCUT2D eigenvalue weighted by Crippen LogP contribution is -2.16. The van der Waals surface area contributed by atoms with Crippen molar-refractivity contribution in [3.05, 3.63) is 29.6 Å². The minimum atomic E-state index is 0.264. The van der Waals surface area contributed by atoms with E-state index in [1.54, 1.807) is 17.1 Å². The largest absolute Gasteiger partial charge is 0.388 e. The lowest BCUT2D eigenvalue weighted by molar-refractivity contribution is 0.741. The highest BCUT2D eigenvalue weighted by atomic mass is 32.1. The van der Waals surface area contributed by atoms with Crippen LogP contribution >= 0.6 is 12.2 Å². The zero-order valence-electron chi connectivity index (χ0n) is 10.8. The van der Waals surface area contributed by atoms with Crippen LogP contribution in [0.5, 0.6) is 0 Å². The lowest BCUT2D eigenvalue weighted by atomic mass is 10.3. The number of hydrogen-bond donors (Lipinski definition) is 2. The predicted molar refractivity (Wildman–Crippen MR) is 75.9 cm³/mol. The maximum absolute atomic E-state index is 5.56. The standard InChI is InChI=1S/C11H15N7S/c1-7-5-8(10(12)19)16-11(15-7)13-4-3-9-14-6-18(2)17-9/h5-6H,3-4H2,1-2H3,(H2,12,19)(H,13,15,16). The Hall–Kier alpha value is -2.09. The van der Waals surface area contributed by atoms with Gasteiger partial charge in [0.25, 0.3) is 0 Å². The van der Waals surface area contributed by atoms with Gasteiger partial charge in [-0.3, -0.25) is 4.68 Å². The van der Waals surface area contributed by atoms with Crippen molar-refractivity contribution in [2.45, 2.75) is 13.3 Å². The average molecular weight is 277 g/mol. The van der Waals surface area contributed by atoms with Crippen molar-refractivity contribution in [1.29, 1.82) is 0 Å². The molecule has 100 valence electrons. The Labute approximate surface area is 116 Å². The second-order valence-corrected chi connectivity index (χ2v) is 4.53. The predicted octanol–water partition coefficient (Wildman–Crippen LogP) is 0.202. The molecule has 2 aromatic rings. The second kappa shape index (κ2) is 5.70. The molecule has 0 saturated heterocycles. The van der Waals surface area contributed by atoms with E-state index in [1.807, 2.05) is 14.0 Å². The van der Waals surface area contributed by atoms with Gasteiger partial charge in [0.05, 0.1) is 0 Å². The van der Waals surface area contributed by atoms with Gasteiger partial charge in [0.1, 0.15) is 17.0 Å². The molecule has 2 aromatic heterocycles. The highest BCUT2D eigenvalue weighted by Crippen LogP contribution is 2.05. The Morgan fingerprint density at radius 1 is 1.47 bits per heavy atom. The van der Waals surface area contributed by atoms with Crippen molar-refractivity contribution < 1.29 is 0 Å². The van der Waals surface area contributed by atoms with Gasteiger partial charge in [0.15, 0.2) is 5.82 Å². The molecule has 8 heteroatoms. The third kappa shape index (κ3) is 3.68. The van der Waals surface area contributed by atoms with E-state index in [9.17, 15) is 0 Å². The van der Waals surface area contributed by atoms with Crippen LogP contribution in [-0.2, 0) is 13.5 Å². The Morgan fingerprint density at radius 2 is 2.26 bits per heavy atom. The van der Waals surface area contributed by atoms with Crippen LogP contribution in [0.2, 0.25) is 0 Å². The summed E-state index contributed by atoms with van der Waals surface area (Å²) in [4.78, 5) is 12.9. The summed E-state index contributed by atoms with van der Waals surface area (Å²) < 4.78 is 1.67. The quantitative estimate of drug-likeness (QED) is 0.754. The number of aromatic nitrogens is 5. The summed E-state index contributed by atoms with van der Waals surface area (Å²) in [6.45, 7) is 2.51. The molecule has 0 aromatic carbocycles. The number of nitrogens with two attached hydrogens (primary N) is 1. The first-order chi connectivity index (χ1) is 9.04. The summed E-state index contributed by atoms with van der Waals surface area (Å²) in [6.07, 6.45) is 2.37. The van der Waals surface area contributed by atoms with Crippen LogP contribution in [0.3, 0.4) is 0 Å². The van der Waals surface area contributed by atoms with Crippen molar-refractivity contribution in [3.63, 3.8) is 0 Å². The van der Waals surface area contributed by atoms with Gasteiger partial charge < -0.3 is 11.1 Å². The second-order valence-electron chi connectivity index (χ2n) is 4.09. The highest BCUT2D eigenvalue weighted by molar-refractivity contribution is 7.80. The van der Waals surface area contributed by atoms with Gasteiger partial charge in [0, 0.05) is 25.7 Å². The summed E-state index contributed by atoms with van der Waals surface area (Å²) in [5, 5.41) is 7.30. The third-order valence-electron chi connectivity index (χ3n) is 2.39. The molecule has 7 nitrogen and oxygen atoms in total. The number of anilines is 1. The number of aryl methyl sites for hydroxylation is 2. The van der Waals surface area contributed by atoms with Crippen LogP contribution in [0.1, 0.15) is 17.2 Å². The number of nitrogens with zero attached hydrogens (tertiary/aromatic N) is 5. The van der Waals surface area contributed by atoms with E-state index in [0.29, 0.717) is 24.6 Å². The molecule has 0 unspecified atom stereocenters. The summed E-state index contributed by atoms with van der Waals surface area (Å²) in [5.41, 5.74) is 6.95. The molecule has 2 rings (SSSR count). The molecule has 0 amide bonds. The van der Waals surface area contributed by atoms with E-state index in [2.05, 4.69) is 25.4 Å². The maximum Gasteiger partial charge on any atom is 0.223 e.